The highest BCUT2D eigenvalue weighted by molar-refractivity contribution is 7.18. The number of nitrogens with zero attached hydrogens (tertiary/aromatic N) is 1. The molecule has 0 saturated heterocycles. The van der Waals surface area contributed by atoms with Gasteiger partial charge in [-0.25, -0.2) is 4.79 Å². The fourth-order valence-corrected chi connectivity index (χ4v) is 3.60. The quantitative estimate of drug-likeness (QED) is 0.363. The van der Waals surface area contributed by atoms with Crippen LogP contribution in [0.25, 0.3) is 0 Å². The van der Waals surface area contributed by atoms with E-state index in [1.165, 1.54) is 19.1 Å². The van der Waals surface area contributed by atoms with Crippen molar-refractivity contribution in [2.75, 3.05) is 18.5 Å². The number of carbonyl (C=O) groups is 3. The van der Waals surface area contributed by atoms with Crippen LogP contribution >= 0.6 is 22.9 Å². The van der Waals surface area contributed by atoms with E-state index in [1.54, 1.807) is 6.92 Å². The van der Waals surface area contributed by atoms with Crippen molar-refractivity contribution in [2.24, 2.45) is 5.73 Å². The Morgan fingerprint density at radius 1 is 1.34 bits per heavy atom. The molecular formula is C17H16ClN3O7S. The van der Waals surface area contributed by atoms with Crippen molar-refractivity contribution in [1.82, 2.24) is 0 Å². The van der Waals surface area contributed by atoms with E-state index in [4.69, 9.17) is 26.8 Å². The second kappa shape index (κ2) is 9.34. The fourth-order valence-electron chi connectivity index (χ4n) is 2.31. The lowest BCUT2D eigenvalue weighted by Crippen LogP contribution is -2.21. The molecule has 0 unspecified atom stereocenters. The summed E-state index contributed by atoms with van der Waals surface area (Å²) >= 11 is 6.75. The first-order chi connectivity index (χ1) is 13.6. The van der Waals surface area contributed by atoms with Crippen LogP contribution in [0.2, 0.25) is 5.02 Å². The fraction of sp³-hybridized carbons (Fsp3) is 0.235. The zero-order valence-corrected chi connectivity index (χ0v) is 16.9. The largest absolute Gasteiger partial charge is 0.482 e. The van der Waals surface area contributed by atoms with Crippen LogP contribution in [0.1, 0.15) is 32.5 Å². The number of benzene rings is 1. The van der Waals surface area contributed by atoms with Crippen molar-refractivity contribution < 1.29 is 28.8 Å². The Morgan fingerprint density at radius 2 is 2.03 bits per heavy atom. The van der Waals surface area contributed by atoms with Gasteiger partial charge in [-0.3, -0.25) is 19.7 Å². The molecule has 3 N–H and O–H groups in total. The molecule has 154 valence electrons. The normalized spacial score (nSPS) is 10.3. The molecule has 10 nitrogen and oxygen atoms in total. The first-order valence-electron chi connectivity index (χ1n) is 8.12. The molecule has 12 heteroatoms. The summed E-state index contributed by atoms with van der Waals surface area (Å²) in [5.74, 6) is -2.03. The minimum atomic E-state index is -0.743. The van der Waals surface area contributed by atoms with Crippen LogP contribution in [0.15, 0.2) is 18.2 Å². The maximum atomic E-state index is 12.2. The van der Waals surface area contributed by atoms with Crippen LogP contribution in [0.3, 0.4) is 0 Å². The number of hydrogen-bond donors (Lipinski definition) is 2. The summed E-state index contributed by atoms with van der Waals surface area (Å²) in [6.07, 6.45) is 0. The number of carbonyl (C=O) groups excluding carboxylic acids is 3. The van der Waals surface area contributed by atoms with Crippen molar-refractivity contribution in [3.05, 3.63) is 49.3 Å². The van der Waals surface area contributed by atoms with E-state index in [9.17, 15) is 24.5 Å². The van der Waals surface area contributed by atoms with Crippen molar-refractivity contribution >= 4 is 51.4 Å². The number of nitrogens with two attached hydrogens (primary N) is 1. The number of primary amides is 1. The highest BCUT2D eigenvalue weighted by Gasteiger charge is 2.25. The van der Waals surface area contributed by atoms with Gasteiger partial charge in [-0.15, -0.1) is 11.3 Å². The Bertz CT molecular complexity index is 990. The summed E-state index contributed by atoms with van der Waals surface area (Å²) in [5.41, 5.74) is 5.42. The van der Waals surface area contributed by atoms with Crippen LogP contribution in [0.4, 0.5) is 10.7 Å². The summed E-state index contributed by atoms with van der Waals surface area (Å²) in [5, 5.41) is 13.3. The number of thiophene rings is 1. The third kappa shape index (κ3) is 5.21. The van der Waals surface area contributed by atoms with Gasteiger partial charge in [0.05, 0.1) is 27.0 Å². The Morgan fingerprint density at radius 3 is 2.59 bits per heavy atom. The van der Waals surface area contributed by atoms with Gasteiger partial charge >= 0.3 is 5.97 Å². The lowest BCUT2D eigenvalue weighted by atomic mass is 10.1. The molecule has 0 radical (unpaired) electrons. The molecule has 0 fully saturated rings. The molecule has 2 aromatic rings. The molecule has 0 atom stereocenters. The van der Waals surface area contributed by atoms with Crippen LogP contribution in [0.5, 0.6) is 5.75 Å². The van der Waals surface area contributed by atoms with Crippen molar-refractivity contribution in [3.63, 3.8) is 0 Å². The average Bonchev–Trinajstić information content (AvgIpc) is 2.97. The minimum Gasteiger partial charge on any atom is -0.482 e. The van der Waals surface area contributed by atoms with Gasteiger partial charge in [0.1, 0.15) is 10.8 Å². The zero-order valence-electron chi connectivity index (χ0n) is 15.3. The molecule has 1 heterocycles. The number of nitro groups is 1. The number of amides is 2. The van der Waals surface area contributed by atoms with Gasteiger partial charge in [-0.2, -0.15) is 0 Å². The Labute approximate surface area is 173 Å². The first-order valence-corrected chi connectivity index (χ1v) is 9.32. The van der Waals surface area contributed by atoms with E-state index in [2.05, 4.69) is 5.32 Å². The molecule has 2 amide bonds. The van der Waals surface area contributed by atoms with E-state index in [1.807, 2.05) is 0 Å². The summed E-state index contributed by atoms with van der Waals surface area (Å²) in [4.78, 5) is 46.2. The van der Waals surface area contributed by atoms with E-state index in [0.717, 1.165) is 17.4 Å². The zero-order chi connectivity index (χ0) is 21.7. The molecule has 0 spiro atoms. The summed E-state index contributed by atoms with van der Waals surface area (Å²) in [6, 6.07) is 3.54. The molecule has 29 heavy (non-hydrogen) atoms. The highest BCUT2D eigenvalue weighted by Crippen LogP contribution is 2.34. The van der Waals surface area contributed by atoms with Crippen LogP contribution in [-0.4, -0.2) is 35.9 Å². The number of hydrogen-bond acceptors (Lipinski definition) is 8. The molecule has 0 aliphatic heterocycles. The second-order valence-corrected chi connectivity index (χ2v) is 6.98. The minimum absolute atomic E-state index is 0.0346. The monoisotopic (exact) mass is 441 g/mol. The Hall–Kier alpha value is -3.18. The standard InChI is InChI=1S/C17H16ClN3O7S/c1-3-27-17(24)13-8(2)14(15(19)23)29-16(13)20-12(22)7-28-11-5-4-9(21(25)26)6-10(11)18/h4-6H,3,7H2,1-2H3,(H2,19,23)(H,20,22). The van der Waals surface area contributed by atoms with Gasteiger partial charge in [0.15, 0.2) is 6.61 Å². The number of halogens is 1. The molecular weight excluding hydrogens is 426 g/mol. The van der Waals surface area contributed by atoms with E-state index in [0.29, 0.717) is 5.56 Å². The predicted octanol–water partition coefficient (Wildman–Crippen LogP) is 2.91. The number of esters is 1. The van der Waals surface area contributed by atoms with Gasteiger partial charge in [-0.1, -0.05) is 11.6 Å². The number of anilines is 1. The summed E-state index contributed by atoms with van der Waals surface area (Å²) < 4.78 is 10.2. The Balaban J connectivity index is 2.16. The number of ether oxygens (including phenoxy) is 2. The Kier molecular flexibility index (Phi) is 7.13. The van der Waals surface area contributed by atoms with Gasteiger partial charge in [0, 0.05) is 12.1 Å². The molecule has 1 aromatic heterocycles. The molecule has 0 saturated carbocycles. The maximum absolute atomic E-state index is 12.2. The van der Waals surface area contributed by atoms with E-state index < -0.39 is 29.3 Å². The summed E-state index contributed by atoms with van der Waals surface area (Å²) in [6.45, 7) is 2.75. The van der Waals surface area contributed by atoms with Gasteiger partial charge in [0.2, 0.25) is 0 Å². The molecule has 2 rings (SSSR count). The second-order valence-electron chi connectivity index (χ2n) is 5.55. The lowest BCUT2D eigenvalue weighted by molar-refractivity contribution is -0.384. The molecule has 1 aromatic carbocycles. The highest BCUT2D eigenvalue weighted by atomic mass is 35.5. The van der Waals surface area contributed by atoms with Gasteiger partial charge in [-0.05, 0) is 25.5 Å². The third-order valence-electron chi connectivity index (χ3n) is 3.59. The average molecular weight is 442 g/mol. The number of non-ortho nitro benzene ring substituents is 1. The van der Waals surface area contributed by atoms with Crippen LogP contribution in [-0.2, 0) is 9.53 Å². The lowest BCUT2D eigenvalue weighted by Gasteiger charge is -2.09. The van der Waals surface area contributed by atoms with Crippen molar-refractivity contribution in [2.45, 2.75) is 13.8 Å². The molecule has 0 aliphatic rings. The molecule has 0 aliphatic carbocycles. The SMILES string of the molecule is CCOC(=O)c1c(NC(=O)COc2ccc([N+](=O)[O-])cc2Cl)sc(C(N)=O)c1C. The maximum Gasteiger partial charge on any atom is 0.341 e. The number of nitro benzene ring substituents is 1. The van der Waals surface area contributed by atoms with Crippen LogP contribution < -0.4 is 15.8 Å². The van der Waals surface area contributed by atoms with Crippen LogP contribution in [0, 0.1) is 17.0 Å². The van der Waals surface area contributed by atoms with E-state index in [-0.39, 0.29) is 38.5 Å². The number of rotatable bonds is 8. The van der Waals surface area contributed by atoms with Gasteiger partial charge in [0.25, 0.3) is 17.5 Å². The molecule has 0 bridgehead atoms. The number of nitrogens with one attached hydrogen (secondary N) is 1. The van der Waals surface area contributed by atoms with E-state index >= 15 is 0 Å². The topological polar surface area (TPSA) is 151 Å². The van der Waals surface area contributed by atoms with Crippen molar-refractivity contribution in [3.8, 4) is 5.75 Å². The van der Waals surface area contributed by atoms with Crippen molar-refractivity contribution in [1.29, 1.82) is 0 Å². The summed E-state index contributed by atoms with van der Waals surface area (Å²) in [7, 11) is 0. The smallest absolute Gasteiger partial charge is 0.341 e. The third-order valence-corrected chi connectivity index (χ3v) is 5.11. The predicted molar refractivity (Wildman–Crippen MR) is 106 cm³/mol. The van der Waals surface area contributed by atoms with Gasteiger partial charge < -0.3 is 20.5 Å². The first kappa shape index (κ1) is 22.1.